The number of benzene rings is 1. The van der Waals surface area contributed by atoms with E-state index >= 15 is 0 Å². The first-order chi connectivity index (χ1) is 10.8. The van der Waals surface area contributed by atoms with E-state index in [1.807, 2.05) is 0 Å². The Morgan fingerprint density at radius 1 is 1.26 bits per heavy atom. The molecule has 2 N–H and O–H groups in total. The van der Waals surface area contributed by atoms with E-state index in [1.165, 1.54) is 13.1 Å². The lowest BCUT2D eigenvalue weighted by molar-refractivity contribution is 0.580. The number of rotatable bonds is 3. The van der Waals surface area contributed by atoms with Gasteiger partial charge in [0.25, 0.3) is 5.56 Å². The van der Waals surface area contributed by atoms with Crippen LogP contribution in [0.15, 0.2) is 35.1 Å². The van der Waals surface area contributed by atoms with E-state index in [9.17, 15) is 9.18 Å². The van der Waals surface area contributed by atoms with Crippen molar-refractivity contribution in [2.75, 3.05) is 5.32 Å². The first-order valence-corrected chi connectivity index (χ1v) is 7.63. The molecule has 2 rings (SSSR count). The molecule has 0 radical (unpaired) electrons. The molecule has 4 nitrogen and oxygen atoms in total. The smallest absolute Gasteiger partial charge is 0.252 e. The van der Waals surface area contributed by atoms with E-state index in [4.69, 9.17) is 40.8 Å². The fraction of sp³-hybridized carbons (Fsp3) is 0.133. The van der Waals surface area contributed by atoms with E-state index in [2.05, 4.69) is 5.32 Å². The molecule has 0 aliphatic carbocycles. The summed E-state index contributed by atoms with van der Waals surface area (Å²) in [4.78, 5) is 12.2. The molecule has 0 atom stereocenters. The molecule has 1 aromatic carbocycles. The zero-order valence-electron chi connectivity index (χ0n) is 12.0. The van der Waals surface area contributed by atoms with Crippen LogP contribution in [0.4, 0.5) is 10.1 Å². The van der Waals surface area contributed by atoms with Gasteiger partial charge in [0, 0.05) is 35.3 Å². The van der Waals surface area contributed by atoms with Crippen LogP contribution >= 0.6 is 35.4 Å². The lowest BCUT2D eigenvalue weighted by atomic mass is 10.2. The van der Waals surface area contributed by atoms with Crippen molar-refractivity contribution in [3.8, 4) is 0 Å². The van der Waals surface area contributed by atoms with Gasteiger partial charge in [-0.3, -0.25) is 14.8 Å². The highest BCUT2D eigenvalue weighted by Crippen LogP contribution is 2.22. The summed E-state index contributed by atoms with van der Waals surface area (Å²) in [5.41, 5.74) is -0.00108. The molecular formula is C15H12Cl2FN3OS. The summed E-state index contributed by atoms with van der Waals surface area (Å²) in [6.07, 6.45) is 0.139. The summed E-state index contributed by atoms with van der Waals surface area (Å²) in [5.74, 6) is -0.793. The van der Waals surface area contributed by atoms with Crippen LogP contribution in [-0.2, 0) is 13.5 Å². The Hall–Kier alpha value is -1.76. The van der Waals surface area contributed by atoms with E-state index in [0.717, 1.165) is 10.6 Å². The quantitative estimate of drug-likeness (QED) is 0.813. The molecule has 0 saturated carbocycles. The van der Waals surface area contributed by atoms with Crippen molar-refractivity contribution in [3.05, 3.63) is 67.6 Å². The van der Waals surface area contributed by atoms with Crippen LogP contribution in [0.5, 0.6) is 0 Å². The predicted octanol–water partition coefficient (Wildman–Crippen LogP) is 3.29. The van der Waals surface area contributed by atoms with E-state index < -0.39 is 16.9 Å². The summed E-state index contributed by atoms with van der Waals surface area (Å²) in [7, 11) is 1.34. The molecule has 0 unspecified atom stereocenters. The van der Waals surface area contributed by atoms with Gasteiger partial charge in [-0.25, -0.2) is 4.39 Å². The first-order valence-electron chi connectivity index (χ1n) is 6.46. The third-order valence-corrected chi connectivity index (χ3v) is 3.71. The molecule has 0 amide bonds. The Balaban J connectivity index is 2.26. The van der Waals surface area contributed by atoms with Crippen LogP contribution in [0.3, 0.4) is 0 Å². The molecule has 0 spiro atoms. The maximum Gasteiger partial charge on any atom is 0.252 e. The van der Waals surface area contributed by atoms with E-state index in [-0.39, 0.29) is 6.42 Å². The lowest BCUT2D eigenvalue weighted by Crippen LogP contribution is -2.28. The van der Waals surface area contributed by atoms with Gasteiger partial charge in [-0.05, 0) is 29.8 Å². The van der Waals surface area contributed by atoms with Crippen molar-refractivity contribution in [2.24, 2.45) is 7.05 Å². The second kappa shape index (κ2) is 7.21. The Morgan fingerprint density at radius 2 is 1.87 bits per heavy atom. The minimum Gasteiger partial charge on any atom is -0.350 e. The predicted molar refractivity (Wildman–Crippen MR) is 93.9 cm³/mol. The average Bonchev–Trinajstić information content (AvgIpc) is 2.51. The van der Waals surface area contributed by atoms with Crippen molar-refractivity contribution >= 4 is 46.1 Å². The molecule has 0 fully saturated rings. The monoisotopic (exact) mass is 371 g/mol. The fourth-order valence-corrected chi connectivity index (χ4v) is 2.73. The summed E-state index contributed by atoms with van der Waals surface area (Å²) in [6, 6.07) is 7.25. The maximum atomic E-state index is 13.8. The summed E-state index contributed by atoms with van der Waals surface area (Å²) in [6.45, 7) is 0. The highest BCUT2D eigenvalue weighted by atomic mass is 35.5. The highest BCUT2D eigenvalue weighted by Gasteiger charge is 2.06. The number of aromatic nitrogens is 1. The van der Waals surface area contributed by atoms with Crippen molar-refractivity contribution in [1.29, 1.82) is 5.41 Å². The van der Waals surface area contributed by atoms with Crippen LogP contribution in [0.25, 0.3) is 0 Å². The SMILES string of the molecule is Cn1c(=O)cc(CC(=S)Nc2cc(Cl)cc(Cl)c2)cc(F)c1=N. The maximum absolute atomic E-state index is 13.8. The molecule has 23 heavy (non-hydrogen) atoms. The third-order valence-electron chi connectivity index (χ3n) is 3.02. The Bertz CT molecular complexity index is 878. The molecule has 1 aromatic heterocycles. The van der Waals surface area contributed by atoms with Crippen molar-refractivity contribution in [3.63, 3.8) is 0 Å². The van der Waals surface area contributed by atoms with Gasteiger partial charge >= 0.3 is 0 Å². The van der Waals surface area contributed by atoms with Crippen molar-refractivity contribution in [1.82, 2.24) is 4.57 Å². The van der Waals surface area contributed by atoms with Gasteiger partial charge in [0.2, 0.25) is 0 Å². The largest absolute Gasteiger partial charge is 0.350 e. The number of thiocarbonyl (C=S) groups is 1. The number of halogens is 3. The van der Waals surface area contributed by atoms with Gasteiger partial charge in [-0.15, -0.1) is 0 Å². The minimum absolute atomic E-state index is 0.139. The number of nitrogens with zero attached hydrogens (tertiary/aromatic N) is 1. The van der Waals surface area contributed by atoms with Gasteiger partial charge in [0.1, 0.15) is 0 Å². The van der Waals surface area contributed by atoms with Gasteiger partial charge in [-0.2, -0.15) is 0 Å². The normalized spacial score (nSPS) is 10.4. The Kier molecular flexibility index (Phi) is 5.51. The van der Waals surface area contributed by atoms with Crippen LogP contribution in [-0.4, -0.2) is 9.56 Å². The van der Waals surface area contributed by atoms with E-state index in [1.54, 1.807) is 18.2 Å². The van der Waals surface area contributed by atoms with Crippen LogP contribution in [0, 0.1) is 11.2 Å². The van der Waals surface area contributed by atoms with Crippen molar-refractivity contribution < 1.29 is 4.39 Å². The lowest BCUT2D eigenvalue weighted by Gasteiger charge is -2.08. The fourth-order valence-electron chi connectivity index (χ4n) is 1.92. The second-order valence-corrected chi connectivity index (χ2v) is 6.21. The third kappa shape index (κ3) is 4.60. The van der Waals surface area contributed by atoms with Gasteiger partial charge in [0.05, 0.1) is 4.99 Å². The number of hydrogen-bond acceptors (Lipinski definition) is 3. The van der Waals surface area contributed by atoms with Gasteiger partial charge in [0.15, 0.2) is 11.3 Å². The summed E-state index contributed by atoms with van der Waals surface area (Å²) < 4.78 is 14.7. The summed E-state index contributed by atoms with van der Waals surface area (Å²) >= 11 is 17.0. The van der Waals surface area contributed by atoms with Crippen molar-refractivity contribution in [2.45, 2.75) is 6.42 Å². The molecule has 2 aromatic rings. The molecule has 0 aliphatic heterocycles. The molecule has 0 bridgehead atoms. The van der Waals surface area contributed by atoms with Gasteiger partial charge in [-0.1, -0.05) is 35.4 Å². The molecule has 0 aliphatic rings. The van der Waals surface area contributed by atoms with Gasteiger partial charge < -0.3 is 5.32 Å². The second-order valence-electron chi connectivity index (χ2n) is 4.84. The summed E-state index contributed by atoms with van der Waals surface area (Å²) in [5, 5.41) is 11.4. The van der Waals surface area contributed by atoms with Crippen LogP contribution < -0.4 is 16.4 Å². The molecule has 0 saturated heterocycles. The molecule has 1 heterocycles. The highest BCUT2D eigenvalue weighted by molar-refractivity contribution is 7.80. The van der Waals surface area contributed by atoms with E-state index in [0.29, 0.717) is 26.3 Å². The minimum atomic E-state index is -0.793. The first kappa shape index (κ1) is 17.6. The zero-order chi connectivity index (χ0) is 17.1. The number of nitrogens with one attached hydrogen (secondary N) is 2. The average molecular weight is 372 g/mol. The number of hydrogen-bond donors (Lipinski definition) is 2. The zero-order valence-corrected chi connectivity index (χ0v) is 14.3. The Morgan fingerprint density at radius 3 is 2.48 bits per heavy atom. The standard InChI is InChI=1S/C15H12Cl2FN3OS/c1-21-14(22)4-8(2-12(18)15(21)19)3-13(23)20-11-6-9(16)5-10(17)7-11/h2,4-7,19H,3H2,1H3,(H,20,23). The van der Waals surface area contributed by atoms with Crippen LogP contribution in [0.2, 0.25) is 10.0 Å². The topological polar surface area (TPSA) is 57.9 Å². The number of anilines is 1. The Labute approximate surface area is 147 Å². The molecule has 120 valence electrons. The molecule has 8 heteroatoms. The van der Waals surface area contributed by atoms with Crippen LogP contribution in [0.1, 0.15) is 5.56 Å². The molecular weight excluding hydrogens is 360 g/mol.